The van der Waals surface area contributed by atoms with E-state index in [4.69, 9.17) is 9.72 Å². The minimum atomic E-state index is -3.32. The third kappa shape index (κ3) is 4.55. The van der Waals surface area contributed by atoms with Crippen LogP contribution < -0.4 is 4.74 Å². The Morgan fingerprint density at radius 2 is 1.73 bits per heavy atom. The van der Waals surface area contributed by atoms with Gasteiger partial charge in [0.25, 0.3) is 0 Å². The second-order valence-corrected chi connectivity index (χ2v) is 10.7. The fraction of sp³-hybridized carbons (Fsp3) is 0.115. The average molecular weight is 475 g/mol. The van der Waals surface area contributed by atoms with Gasteiger partial charge in [0.05, 0.1) is 22.9 Å². The molecule has 0 spiro atoms. The summed E-state index contributed by atoms with van der Waals surface area (Å²) in [4.78, 5) is 5.99. The molecule has 0 fully saturated rings. The molecule has 7 heteroatoms. The molecule has 0 N–H and O–H groups in total. The minimum Gasteiger partial charge on any atom is -0.493 e. The fourth-order valence-electron chi connectivity index (χ4n) is 3.80. The smallest absolute Gasteiger partial charge is 0.194 e. The Kier molecular flexibility index (Phi) is 5.74. The number of hydrogen-bond acceptors (Lipinski definition) is 5. The highest BCUT2D eigenvalue weighted by atomic mass is 32.2. The molecular weight excluding hydrogens is 452 g/mol. The predicted octanol–water partition coefficient (Wildman–Crippen LogP) is 5.75. The first-order valence-electron chi connectivity index (χ1n) is 10.5. The molecule has 0 saturated heterocycles. The highest BCUT2D eigenvalue weighted by Crippen LogP contribution is 2.36. The van der Waals surface area contributed by atoms with Crippen LogP contribution in [-0.4, -0.2) is 30.7 Å². The zero-order valence-electron chi connectivity index (χ0n) is 18.0. The number of aromatic nitrogens is 2. The molecule has 5 aromatic rings. The van der Waals surface area contributed by atoms with Crippen molar-refractivity contribution in [1.29, 1.82) is 0 Å². The topological polar surface area (TPSA) is 60.7 Å². The molecule has 0 unspecified atom stereocenters. The van der Waals surface area contributed by atoms with E-state index in [1.165, 1.54) is 23.2 Å². The van der Waals surface area contributed by atoms with Crippen molar-refractivity contribution in [3.8, 4) is 28.3 Å². The summed E-state index contributed by atoms with van der Waals surface area (Å²) < 4.78 is 32.3. The van der Waals surface area contributed by atoms with Crippen LogP contribution in [-0.2, 0) is 16.3 Å². The van der Waals surface area contributed by atoms with Gasteiger partial charge in [0.15, 0.2) is 14.8 Å². The first-order chi connectivity index (χ1) is 16.0. The van der Waals surface area contributed by atoms with Gasteiger partial charge in [0, 0.05) is 35.4 Å². The van der Waals surface area contributed by atoms with Crippen LogP contribution in [0.3, 0.4) is 0 Å². The van der Waals surface area contributed by atoms with E-state index >= 15 is 0 Å². The van der Waals surface area contributed by atoms with Gasteiger partial charge in [-0.3, -0.25) is 4.40 Å². The molecule has 0 atom stereocenters. The van der Waals surface area contributed by atoms with Crippen molar-refractivity contribution >= 4 is 26.1 Å². The highest BCUT2D eigenvalue weighted by Gasteiger charge is 2.19. The first-order valence-corrected chi connectivity index (χ1v) is 13.3. The normalized spacial score (nSPS) is 11.7. The van der Waals surface area contributed by atoms with Crippen molar-refractivity contribution < 1.29 is 13.2 Å². The summed E-state index contributed by atoms with van der Waals surface area (Å²) in [5.41, 5.74) is 4.60. The van der Waals surface area contributed by atoms with Crippen molar-refractivity contribution in [1.82, 2.24) is 9.38 Å². The molecule has 0 radical (unpaired) electrons. The molecule has 3 aromatic carbocycles. The van der Waals surface area contributed by atoms with Gasteiger partial charge >= 0.3 is 0 Å². The van der Waals surface area contributed by atoms with Crippen LogP contribution in [0.4, 0.5) is 0 Å². The Hall–Kier alpha value is -3.42. The van der Waals surface area contributed by atoms with Crippen LogP contribution in [0, 0.1) is 0 Å². The van der Waals surface area contributed by atoms with Crippen LogP contribution in [0.2, 0.25) is 0 Å². The summed E-state index contributed by atoms with van der Waals surface area (Å²) in [6.45, 7) is 0.578. The number of nitrogens with zero attached hydrogens (tertiary/aromatic N) is 2. The number of fused-ring (bicyclic) bond motifs is 1. The van der Waals surface area contributed by atoms with E-state index in [0.717, 1.165) is 39.6 Å². The number of ether oxygens (including phenoxy) is 1. The summed E-state index contributed by atoms with van der Waals surface area (Å²) in [5, 5.41) is 1.97. The molecule has 33 heavy (non-hydrogen) atoms. The Morgan fingerprint density at radius 1 is 0.939 bits per heavy atom. The molecule has 5 rings (SSSR count). The number of benzene rings is 3. The van der Waals surface area contributed by atoms with Gasteiger partial charge in [-0.25, -0.2) is 13.4 Å². The predicted molar refractivity (Wildman–Crippen MR) is 133 cm³/mol. The molecule has 0 bridgehead atoms. The minimum absolute atomic E-state index is 0.286. The lowest BCUT2D eigenvalue weighted by Gasteiger charge is -2.10. The maximum atomic E-state index is 12.1. The van der Waals surface area contributed by atoms with Crippen LogP contribution >= 0.6 is 11.3 Å². The van der Waals surface area contributed by atoms with Gasteiger partial charge in [-0.05, 0) is 29.8 Å². The van der Waals surface area contributed by atoms with E-state index in [-0.39, 0.29) is 4.90 Å². The second-order valence-electron chi connectivity index (χ2n) is 7.78. The molecule has 2 aromatic heterocycles. The van der Waals surface area contributed by atoms with Crippen molar-refractivity contribution in [2.75, 3.05) is 12.9 Å². The third-order valence-corrected chi connectivity index (χ3v) is 7.27. The van der Waals surface area contributed by atoms with E-state index in [0.29, 0.717) is 6.61 Å². The van der Waals surface area contributed by atoms with Gasteiger partial charge < -0.3 is 4.74 Å². The van der Waals surface area contributed by atoms with Gasteiger partial charge in [-0.1, -0.05) is 54.6 Å². The molecule has 2 heterocycles. The van der Waals surface area contributed by atoms with Gasteiger partial charge in [0.2, 0.25) is 0 Å². The van der Waals surface area contributed by atoms with Gasteiger partial charge in [0.1, 0.15) is 5.75 Å². The van der Waals surface area contributed by atoms with E-state index in [1.807, 2.05) is 64.5 Å². The van der Waals surface area contributed by atoms with Crippen LogP contribution in [0.25, 0.3) is 27.5 Å². The van der Waals surface area contributed by atoms with Crippen LogP contribution in [0.15, 0.2) is 95.3 Å². The molecule has 166 valence electrons. The van der Waals surface area contributed by atoms with Gasteiger partial charge in [-0.15, -0.1) is 11.3 Å². The summed E-state index contributed by atoms with van der Waals surface area (Å²) in [6.07, 6.45) is 4.01. The monoisotopic (exact) mass is 474 g/mol. The molecule has 0 aliphatic carbocycles. The number of rotatable bonds is 7. The highest BCUT2D eigenvalue weighted by molar-refractivity contribution is 7.90. The Bertz CT molecular complexity index is 1520. The molecule has 0 aliphatic heterocycles. The molecule has 0 aliphatic rings. The standard InChI is InChI=1S/C26H22N2O3S2/c1-33(29,30)23-12-6-10-21(18-23)25-24(27-26-28(25)14-16-32-26)20-9-5-11-22(17-20)31-15-13-19-7-3-2-4-8-19/h2-12,14,16-18H,13,15H2,1H3. The second kappa shape index (κ2) is 8.84. The Labute approximate surface area is 196 Å². The van der Waals surface area contributed by atoms with E-state index in [1.54, 1.807) is 18.2 Å². The molecule has 0 amide bonds. The van der Waals surface area contributed by atoms with E-state index in [9.17, 15) is 8.42 Å². The number of thiazole rings is 1. The number of sulfone groups is 1. The van der Waals surface area contributed by atoms with Crippen molar-refractivity contribution in [3.05, 3.63) is 96.0 Å². The van der Waals surface area contributed by atoms with Crippen LogP contribution in [0.5, 0.6) is 5.75 Å². The average Bonchev–Trinajstić information content (AvgIpc) is 3.41. The number of hydrogen-bond donors (Lipinski definition) is 0. The molecule has 5 nitrogen and oxygen atoms in total. The van der Waals surface area contributed by atoms with Crippen molar-refractivity contribution in [3.63, 3.8) is 0 Å². The summed E-state index contributed by atoms with van der Waals surface area (Å²) in [7, 11) is -3.32. The van der Waals surface area contributed by atoms with Crippen molar-refractivity contribution in [2.45, 2.75) is 11.3 Å². The lowest BCUT2D eigenvalue weighted by atomic mass is 10.0. The van der Waals surface area contributed by atoms with Gasteiger partial charge in [-0.2, -0.15) is 0 Å². The lowest BCUT2D eigenvalue weighted by Crippen LogP contribution is -2.01. The quantitative estimate of drug-likeness (QED) is 0.301. The largest absolute Gasteiger partial charge is 0.493 e. The zero-order valence-corrected chi connectivity index (χ0v) is 19.6. The Balaban J connectivity index is 1.50. The SMILES string of the molecule is CS(=O)(=O)c1cccc(-c2c(-c3cccc(OCCc4ccccc4)c3)nc3sccn23)c1. The molecular formula is C26H22N2O3S2. The summed E-state index contributed by atoms with van der Waals surface area (Å²) >= 11 is 1.54. The number of imidazole rings is 1. The Morgan fingerprint density at radius 3 is 2.55 bits per heavy atom. The lowest BCUT2D eigenvalue weighted by molar-refractivity contribution is 0.322. The fourth-order valence-corrected chi connectivity index (χ4v) is 5.18. The van der Waals surface area contributed by atoms with Crippen molar-refractivity contribution in [2.24, 2.45) is 0 Å². The van der Waals surface area contributed by atoms with E-state index in [2.05, 4.69) is 12.1 Å². The zero-order chi connectivity index (χ0) is 22.8. The molecule has 0 saturated carbocycles. The first kappa shape index (κ1) is 21.4. The third-order valence-electron chi connectivity index (χ3n) is 5.41. The summed E-state index contributed by atoms with van der Waals surface area (Å²) in [5.74, 6) is 0.774. The summed E-state index contributed by atoms with van der Waals surface area (Å²) in [6, 6.07) is 25.1. The van der Waals surface area contributed by atoms with E-state index < -0.39 is 9.84 Å². The maximum Gasteiger partial charge on any atom is 0.194 e. The maximum absolute atomic E-state index is 12.1. The van der Waals surface area contributed by atoms with Crippen LogP contribution in [0.1, 0.15) is 5.56 Å².